The summed E-state index contributed by atoms with van der Waals surface area (Å²) < 4.78 is 4.84. The number of Topliss-reactive ketones (excluding diaryl/α,β-unsaturated/α-hetero) is 1. The maximum atomic E-state index is 11.4. The largest absolute Gasteiger partial charge is 0.384 e. The van der Waals surface area contributed by atoms with Crippen molar-refractivity contribution in [2.24, 2.45) is 0 Å². The summed E-state index contributed by atoms with van der Waals surface area (Å²) in [5.41, 5.74) is 1.94. The molecule has 0 aliphatic rings. The van der Waals surface area contributed by atoms with Gasteiger partial charge in [-0.2, -0.15) is 0 Å². The van der Waals surface area contributed by atoms with Gasteiger partial charge in [-0.3, -0.25) is 9.78 Å². The van der Waals surface area contributed by atoms with Gasteiger partial charge in [0.1, 0.15) is 5.78 Å². The summed E-state index contributed by atoms with van der Waals surface area (Å²) in [5, 5.41) is 0. The molecule has 0 saturated carbocycles. The molecule has 1 heterocycles. The monoisotopic (exact) mass is 193 g/mol. The molecular formula is C11H15NO2. The van der Waals surface area contributed by atoms with Crippen LogP contribution in [0.3, 0.4) is 0 Å². The van der Waals surface area contributed by atoms with Crippen molar-refractivity contribution >= 4 is 5.78 Å². The first-order valence-electron chi connectivity index (χ1n) is 4.65. The van der Waals surface area contributed by atoms with E-state index in [-0.39, 0.29) is 5.78 Å². The molecule has 0 amide bonds. The molecule has 0 radical (unpaired) electrons. The number of ether oxygens (including phenoxy) is 1. The average Bonchev–Trinajstić information content (AvgIpc) is 2.18. The topological polar surface area (TPSA) is 39.2 Å². The second kappa shape index (κ2) is 5.50. The van der Waals surface area contributed by atoms with Crippen LogP contribution >= 0.6 is 0 Å². The van der Waals surface area contributed by atoms with E-state index < -0.39 is 0 Å². The van der Waals surface area contributed by atoms with Crippen LogP contribution in [-0.4, -0.2) is 24.5 Å². The fraction of sp³-hybridized carbons (Fsp3) is 0.455. The molecule has 3 heteroatoms. The highest BCUT2D eigenvalue weighted by Crippen LogP contribution is 2.05. The van der Waals surface area contributed by atoms with Crippen LogP contribution < -0.4 is 0 Å². The molecule has 0 aromatic carbocycles. The molecule has 0 aliphatic carbocycles. The van der Waals surface area contributed by atoms with Gasteiger partial charge in [0.05, 0.1) is 12.3 Å². The van der Waals surface area contributed by atoms with E-state index in [0.29, 0.717) is 19.4 Å². The van der Waals surface area contributed by atoms with Crippen LogP contribution in [0.2, 0.25) is 0 Å². The third-order valence-electron chi connectivity index (χ3n) is 2.07. The molecule has 0 saturated heterocycles. The van der Waals surface area contributed by atoms with E-state index in [1.165, 1.54) is 0 Å². The number of hydrogen-bond donors (Lipinski definition) is 0. The summed E-state index contributed by atoms with van der Waals surface area (Å²) in [4.78, 5) is 15.6. The Labute approximate surface area is 84.1 Å². The van der Waals surface area contributed by atoms with Gasteiger partial charge in [0.15, 0.2) is 0 Å². The van der Waals surface area contributed by atoms with Crippen LogP contribution in [0.1, 0.15) is 17.7 Å². The molecule has 3 nitrogen and oxygen atoms in total. The Morgan fingerprint density at radius 1 is 1.57 bits per heavy atom. The number of carbonyl (C=O) groups is 1. The highest BCUT2D eigenvalue weighted by Gasteiger charge is 2.06. The molecule has 0 unspecified atom stereocenters. The van der Waals surface area contributed by atoms with Crippen LogP contribution in [0, 0.1) is 6.92 Å². The lowest BCUT2D eigenvalue weighted by Crippen LogP contribution is -2.08. The first kappa shape index (κ1) is 10.9. The van der Waals surface area contributed by atoms with Gasteiger partial charge in [0.2, 0.25) is 0 Å². The zero-order valence-corrected chi connectivity index (χ0v) is 8.62. The van der Waals surface area contributed by atoms with Crippen molar-refractivity contribution in [1.82, 2.24) is 4.98 Å². The van der Waals surface area contributed by atoms with E-state index in [4.69, 9.17) is 4.74 Å². The van der Waals surface area contributed by atoms with Gasteiger partial charge < -0.3 is 4.74 Å². The third-order valence-corrected chi connectivity index (χ3v) is 2.07. The predicted molar refractivity (Wildman–Crippen MR) is 54.2 cm³/mol. The highest BCUT2D eigenvalue weighted by molar-refractivity contribution is 5.80. The van der Waals surface area contributed by atoms with Gasteiger partial charge in [0, 0.05) is 26.1 Å². The number of nitrogens with zero attached hydrogens (tertiary/aromatic N) is 1. The minimum absolute atomic E-state index is 0.175. The van der Waals surface area contributed by atoms with Crippen molar-refractivity contribution < 1.29 is 9.53 Å². The quantitative estimate of drug-likeness (QED) is 0.712. The predicted octanol–water partition coefficient (Wildman–Crippen LogP) is 1.54. The van der Waals surface area contributed by atoms with Crippen molar-refractivity contribution in [3.63, 3.8) is 0 Å². The number of aromatic nitrogens is 1. The molecule has 0 fully saturated rings. The standard InChI is InChI=1S/C11H15NO2/c1-9-4-3-6-12-11(9)8-10(13)5-7-14-2/h3-4,6H,5,7-8H2,1-2H3. The molecule has 0 N–H and O–H groups in total. The number of carbonyl (C=O) groups excluding carboxylic acids is 1. The summed E-state index contributed by atoms with van der Waals surface area (Å²) in [6.45, 7) is 2.46. The molecule has 1 aromatic heterocycles. The van der Waals surface area contributed by atoms with Gasteiger partial charge in [-0.25, -0.2) is 0 Å². The Bertz CT molecular complexity index is 310. The van der Waals surface area contributed by atoms with Gasteiger partial charge >= 0.3 is 0 Å². The second-order valence-electron chi connectivity index (χ2n) is 3.23. The van der Waals surface area contributed by atoms with Crippen molar-refractivity contribution in [1.29, 1.82) is 0 Å². The second-order valence-corrected chi connectivity index (χ2v) is 3.23. The third kappa shape index (κ3) is 3.26. The average molecular weight is 193 g/mol. The molecule has 14 heavy (non-hydrogen) atoms. The molecule has 1 aromatic rings. The smallest absolute Gasteiger partial charge is 0.141 e. The SMILES string of the molecule is COCCC(=O)Cc1ncccc1C. The minimum atomic E-state index is 0.175. The fourth-order valence-corrected chi connectivity index (χ4v) is 1.19. The zero-order chi connectivity index (χ0) is 10.4. The number of rotatable bonds is 5. The van der Waals surface area contributed by atoms with Gasteiger partial charge in [0.25, 0.3) is 0 Å². The minimum Gasteiger partial charge on any atom is -0.384 e. The molecule has 1 rings (SSSR count). The Balaban J connectivity index is 2.52. The maximum Gasteiger partial charge on any atom is 0.141 e. The lowest BCUT2D eigenvalue weighted by atomic mass is 10.1. The molecule has 0 spiro atoms. The number of methoxy groups -OCH3 is 1. The van der Waals surface area contributed by atoms with E-state index in [2.05, 4.69) is 4.98 Å². The van der Waals surface area contributed by atoms with Crippen LogP contribution in [0.4, 0.5) is 0 Å². The first-order chi connectivity index (χ1) is 6.74. The Morgan fingerprint density at radius 3 is 3.00 bits per heavy atom. The summed E-state index contributed by atoms with van der Waals surface area (Å²) >= 11 is 0. The van der Waals surface area contributed by atoms with E-state index in [0.717, 1.165) is 11.3 Å². The van der Waals surface area contributed by atoms with E-state index in [9.17, 15) is 4.79 Å². The van der Waals surface area contributed by atoms with Crippen molar-refractivity contribution in [2.75, 3.05) is 13.7 Å². The Kier molecular flexibility index (Phi) is 4.26. The number of hydrogen-bond acceptors (Lipinski definition) is 3. The van der Waals surface area contributed by atoms with E-state index in [1.54, 1.807) is 13.3 Å². The fourth-order valence-electron chi connectivity index (χ4n) is 1.19. The van der Waals surface area contributed by atoms with Crippen LogP contribution in [0.5, 0.6) is 0 Å². The highest BCUT2D eigenvalue weighted by atomic mass is 16.5. The Hall–Kier alpha value is -1.22. The molecule has 0 bridgehead atoms. The van der Waals surface area contributed by atoms with Crippen molar-refractivity contribution in [2.45, 2.75) is 19.8 Å². The number of aryl methyl sites for hydroxylation is 1. The van der Waals surface area contributed by atoms with Crippen LogP contribution in [0.15, 0.2) is 18.3 Å². The van der Waals surface area contributed by atoms with Crippen LogP contribution in [-0.2, 0) is 16.0 Å². The molecule has 0 atom stereocenters. The summed E-state index contributed by atoms with van der Waals surface area (Å²) in [6.07, 6.45) is 2.59. The number of ketones is 1. The normalized spacial score (nSPS) is 10.1. The molecule has 0 aliphatic heterocycles. The van der Waals surface area contributed by atoms with Gasteiger partial charge in [-0.1, -0.05) is 6.07 Å². The maximum absolute atomic E-state index is 11.4. The summed E-state index contributed by atoms with van der Waals surface area (Å²) in [7, 11) is 1.60. The molecule has 76 valence electrons. The van der Waals surface area contributed by atoms with Crippen molar-refractivity contribution in [3.05, 3.63) is 29.6 Å². The summed E-state index contributed by atoms with van der Waals surface area (Å²) in [5.74, 6) is 0.175. The lowest BCUT2D eigenvalue weighted by molar-refractivity contribution is -0.119. The van der Waals surface area contributed by atoms with Gasteiger partial charge in [-0.15, -0.1) is 0 Å². The first-order valence-corrected chi connectivity index (χ1v) is 4.65. The van der Waals surface area contributed by atoms with Gasteiger partial charge in [-0.05, 0) is 18.6 Å². The summed E-state index contributed by atoms with van der Waals surface area (Å²) in [6, 6.07) is 3.84. The number of pyridine rings is 1. The van der Waals surface area contributed by atoms with E-state index in [1.807, 2.05) is 19.1 Å². The Morgan fingerprint density at radius 2 is 2.36 bits per heavy atom. The molecular weight excluding hydrogens is 178 g/mol. The zero-order valence-electron chi connectivity index (χ0n) is 8.62. The van der Waals surface area contributed by atoms with Crippen molar-refractivity contribution in [3.8, 4) is 0 Å². The lowest BCUT2D eigenvalue weighted by Gasteiger charge is -2.02. The van der Waals surface area contributed by atoms with E-state index >= 15 is 0 Å². The van der Waals surface area contributed by atoms with Crippen LogP contribution in [0.25, 0.3) is 0 Å².